The molecule has 0 amide bonds. The number of aliphatic hydroxyl groups is 1. The van der Waals surface area contributed by atoms with E-state index in [0.717, 1.165) is 5.56 Å². The van der Waals surface area contributed by atoms with Crippen LogP contribution in [0, 0.1) is 0 Å². The maximum absolute atomic E-state index is 12.7. The van der Waals surface area contributed by atoms with Crippen LogP contribution in [0.1, 0.15) is 37.4 Å². The minimum atomic E-state index is -0.196. The molecule has 1 aliphatic carbocycles. The Morgan fingerprint density at radius 3 is 2.30 bits per heavy atom. The van der Waals surface area contributed by atoms with Gasteiger partial charge in [0.15, 0.2) is 11.6 Å². The molecule has 0 unspecified atom stereocenters. The van der Waals surface area contributed by atoms with Crippen LogP contribution in [0.25, 0.3) is 0 Å². The van der Waals surface area contributed by atoms with E-state index in [0.29, 0.717) is 47.5 Å². The van der Waals surface area contributed by atoms with Gasteiger partial charge in [0.2, 0.25) is 0 Å². The minimum absolute atomic E-state index is 0.0729. The van der Waals surface area contributed by atoms with Gasteiger partial charge < -0.3 is 16.2 Å². The summed E-state index contributed by atoms with van der Waals surface area (Å²) in [5, 5.41) is 11.8. The zero-order chi connectivity index (χ0) is 16.4. The van der Waals surface area contributed by atoms with Crippen LogP contribution in [-0.4, -0.2) is 36.4 Å². The normalized spacial score (nSPS) is 12.9. The van der Waals surface area contributed by atoms with Gasteiger partial charge in [-0.25, -0.2) is 0 Å². The van der Waals surface area contributed by atoms with Crippen LogP contribution in [0.4, 0.5) is 5.69 Å². The summed E-state index contributed by atoms with van der Waals surface area (Å²) >= 11 is 0. The molecule has 0 radical (unpaired) electrons. The molecule has 0 aromatic heterocycles. The number of hydrogen-bond acceptors (Lipinski definition) is 5. The summed E-state index contributed by atoms with van der Waals surface area (Å²) in [7, 11) is 0. The highest BCUT2D eigenvalue weighted by molar-refractivity contribution is 6.30. The summed E-state index contributed by atoms with van der Waals surface area (Å²) in [6.45, 7) is 1.22. The predicted molar refractivity (Wildman–Crippen MR) is 87.8 cm³/mol. The summed E-state index contributed by atoms with van der Waals surface area (Å²) in [5.74, 6) is -0.357. The van der Waals surface area contributed by atoms with Crippen molar-refractivity contribution < 1.29 is 14.7 Å². The molecule has 1 aliphatic rings. The zero-order valence-corrected chi connectivity index (χ0v) is 12.6. The highest BCUT2D eigenvalue weighted by atomic mass is 16.3. The van der Waals surface area contributed by atoms with Gasteiger partial charge in [-0.15, -0.1) is 0 Å². The Bertz CT molecular complexity index is 784. The van der Waals surface area contributed by atoms with Gasteiger partial charge in [0.25, 0.3) is 0 Å². The number of carbonyl (C=O) groups is 2. The number of carbonyl (C=O) groups excluding carboxylic acids is 2. The summed E-state index contributed by atoms with van der Waals surface area (Å²) in [6, 6.07) is 10.3. The monoisotopic (exact) mass is 310 g/mol. The van der Waals surface area contributed by atoms with E-state index < -0.39 is 0 Å². The number of nitrogens with two attached hydrogens (primary N) is 1. The molecule has 5 heteroatoms. The van der Waals surface area contributed by atoms with E-state index in [1.807, 2.05) is 0 Å². The molecule has 2 aromatic carbocycles. The van der Waals surface area contributed by atoms with Gasteiger partial charge in [-0.1, -0.05) is 30.3 Å². The van der Waals surface area contributed by atoms with Gasteiger partial charge in [0.1, 0.15) is 0 Å². The number of hydrogen-bond donors (Lipinski definition) is 3. The third kappa shape index (κ3) is 2.65. The number of nitrogen functional groups attached to an aromatic ring is 1. The van der Waals surface area contributed by atoms with E-state index in [2.05, 4.69) is 5.32 Å². The van der Waals surface area contributed by atoms with E-state index in [-0.39, 0.29) is 18.2 Å². The second-order valence-electron chi connectivity index (χ2n) is 5.49. The number of benzene rings is 2. The lowest BCUT2D eigenvalue weighted by Crippen LogP contribution is -2.24. The van der Waals surface area contributed by atoms with E-state index in [1.54, 1.807) is 36.4 Å². The average Bonchev–Trinajstić information content (AvgIpc) is 2.57. The first kappa shape index (κ1) is 15.4. The van der Waals surface area contributed by atoms with Crippen molar-refractivity contribution in [3.8, 4) is 0 Å². The van der Waals surface area contributed by atoms with Crippen molar-refractivity contribution in [2.24, 2.45) is 0 Å². The molecule has 0 heterocycles. The Labute approximate surface area is 134 Å². The second-order valence-corrected chi connectivity index (χ2v) is 5.49. The third-order valence-corrected chi connectivity index (χ3v) is 4.08. The van der Waals surface area contributed by atoms with E-state index in [4.69, 9.17) is 10.8 Å². The first-order valence-electron chi connectivity index (χ1n) is 7.56. The van der Waals surface area contributed by atoms with Crippen LogP contribution < -0.4 is 11.1 Å². The average molecular weight is 310 g/mol. The maximum atomic E-state index is 12.7. The molecule has 3 rings (SSSR count). The Morgan fingerprint density at radius 2 is 1.61 bits per heavy atom. The summed E-state index contributed by atoms with van der Waals surface area (Å²) in [6.07, 6.45) is 0.627. The fraction of sp³-hybridized carbons (Fsp3) is 0.222. The standard InChI is InChI=1S/C18H18N2O3/c19-16-11(7-8-20-9-10-21)5-6-14-15(16)18(23)13-4-2-1-3-12(13)17(14)22/h1-6,20-21H,7-10,19H2. The Balaban J connectivity index is 1.98. The number of nitrogens with one attached hydrogen (secondary N) is 1. The van der Waals surface area contributed by atoms with Gasteiger partial charge in [-0.3, -0.25) is 9.59 Å². The smallest absolute Gasteiger partial charge is 0.196 e. The maximum Gasteiger partial charge on any atom is 0.196 e. The topological polar surface area (TPSA) is 92.4 Å². The van der Waals surface area contributed by atoms with Gasteiger partial charge in [0, 0.05) is 28.9 Å². The molecule has 118 valence electrons. The highest BCUT2D eigenvalue weighted by Crippen LogP contribution is 2.32. The van der Waals surface area contributed by atoms with Gasteiger partial charge in [-0.05, 0) is 24.6 Å². The van der Waals surface area contributed by atoms with Crippen molar-refractivity contribution in [1.29, 1.82) is 0 Å². The van der Waals surface area contributed by atoms with Crippen LogP contribution in [0.5, 0.6) is 0 Å². The van der Waals surface area contributed by atoms with E-state index in [9.17, 15) is 9.59 Å². The molecule has 0 bridgehead atoms. The largest absolute Gasteiger partial charge is 0.398 e. The third-order valence-electron chi connectivity index (χ3n) is 4.08. The lowest BCUT2D eigenvalue weighted by molar-refractivity contribution is 0.0979. The number of rotatable bonds is 5. The van der Waals surface area contributed by atoms with Crippen molar-refractivity contribution in [3.05, 3.63) is 64.2 Å². The Hall–Kier alpha value is -2.50. The summed E-state index contributed by atoms with van der Waals surface area (Å²) < 4.78 is 0. The number of fused-ring (bicyclic) bond motifs is 2. The second kappa shape index (κ2) is 6.32. The summed E-state index contributed by atoms with van der Waals surface area (Å²) in [4.78, 5) is 25.3. The lowest BCUT2D eigenvalue weighted by Gasteiger charge is -2.20. The van der Waals surface area contributed by atoms with E-state index in [1.165, 1.54) is 0 Å². The van der Waals surface area contributed by atoms with Gasteiger partial charge in [-0.2, -0.15) is 0 Å². The van der Waals surface area contributed by atoms with Crippen LogP contribution in [-0.2, 0) is 6.42 Å². The van der Waals surface area contributed by atoms with Crippen molar-refractivity contribution in [2.45, 2.75) is 6.42 Å². The van der Waals surface area contributed by atoms with Crippen molar-refractivity contribution in [2.75, 3.05) is 25.4 Å². The number of anilines is 1. The Kier molecular flexibility index (Phi) is 4.23. The zero-order valence-electron chi connectivity index (χ0n) is 12.6. The lowest BCUT2D eigenvalue weighted by atomic mass is 9.82. The molecule has 0 fully saturated rings. The SMILES string of the molecule is Nc1c(CCNCCO)ccc2c1C(=O)c1ccccc1C2=O. The number of ketones is 2. The Morgan fingerprint density at radius 1 is 0.913 bits per heavy atom. The van der Waals surface area contributed by atoms with Crippen molar-refractivity contribution in [3.63, 3.8) is 0 Å². The van der Waals surface area contributed by atoms with Gasteiger partial charge >= 0.3 is 0 Å². The molecule has 4 N–H and O–H groups in total. The van der Waals surface area contributed by atoms with Crippen molar-refractivity contribution in [1.82, 2.24) is 5.32 Å². The first-order chi connectivity index (χ1) is 11.1. The molecule has 0 saturated heterocycles. The number of aliphatic hydroxyl groups excluding tert-OH is 1. The molecule has 5 nitrogen and oxygen atoms in total. The predicted octanol–water partition coefficient (Wildman–Crippen LogP) is 1.17. The van der Waals surface area contributed by atoms with E-state index >= 15 is 0 Å². The molecular weight excluding hydrogens is 292 g/mol. The molecule has 0 atom stereocenters. The molecule has 2 aromatic rings. The molecule has 0 aliphatic heterocycles. The molecule has 0 saturated carbocycles. The van der Waals surface area contributed by atoms with Crippen LogP contribution in [0.2, 0.25) is 0 Å². The van der Waals surface area contributed by atoms with Gasteiger partial charge in [0.05, 0.1) is 12.2 Å². The van der Waals surface area contributed by atoms with Crippen LogP contribution in [0.3, 0.4) is 0 Å². The molecule has 0 spiro atoms. The quantitative estimate of drug-likeness (QED) is 0.486. The molecule has 23 heavy (non-hydrogen) atoms. The fourth-order valence-electron chi connectivity index (χ4n) is 2.90. The highest BCUT2D eigenvalue weighted by Gasteiger charge is 2.31. The van der Waals surface area contributed by atoms with Crippen LogP contribution >= 0.6 is 0 Å². The molecular formula is C18H18N2O3. The first-order valence-corrected chi connectivity index (χ1v) is 7.56. The fourth-order valence-corrected chi connectivity index (χ4v) is 2.90. The van der Waals surface area contributed by atoms with Crippen LogP contribution in [0.15, 0.2) is 36.4 Å². The minimum Gasteiger partial charge on any atom is -0.398 e. The summed E-state index contributed by atoms with van der Waals surface area (Å²) in [5.41, 5.74) is 8.91. The van der Waals surface area contributed by atoms with Crippen molar-refractivity contribution >= 4 is 17.3 Å².